The number of carboxylic acid groups (broad SMARTS) is 2. The molecule has 6 aliphatic rings. The Hall–Kier alpha value is -3.43. The van der Waals surface area contributed by atoms with Gasteiger partial charge < -0.3 is 89.0 Å². The van der Waals surface area contributed by atoms with Gasteiger partial charge in [-0.3, -0.25) is 19.2 Å². The number of aliphatic hydroxyl groups excluding tert-OH is 8. The van der Waals surface area contributed by atoms with Crippen LogP contribution in [0.15, 0.2) is 12.2 Å². The second-order valence-corrected chi connectivity index (χ2v) is 18.0. The SMILES string of the molecule is O=C(O)CC(=O)OC[C@H]1O[C@@H](OC2CC(O)CC3OC(C4CCC(O)CC4)C(O[C@@H]4O[C@H](COC(=O)C=CC5CCC(O)CC5)[C@@H](O)[C@H](O)[C@H]4O)CC32)[C@H](O)[C@@H](O)[C@@H]1OC(=O)CC(=O)O. The molecule has 0 spiro atoms. The highest BCUT2D eigenvalue weighted by atomic mass is 16.7. The minimum Gasteiger partial charge on any atom is -0.481 e. The zero-order chi connectivity index (χ0) is 47.1. The van der Waals surface area contributed by atoms with Gasteiger partial charge in [0.1, 0.15) is 68.8 Å². The van der Waals surface area contributed by atoms with Crippen LogP contribution in [0, 0.1) is 17.8 Å². The number of esters is 3. The van der Waals surface area contributed by atoms with Gasteiger partial charge in [-0.15, -0.1) is 0 Å². The first kappa shape index (κ1) is 51.0. The quantitative estimate of drug-likeness (QED) is 0.0332. The van der Waals surface area contributed by atoms with Crippen molar-refractivity contribution in [2.75, 3.05) is 13.2 Å². The summed E-state index contributed by atoms with van der Waals surface area (Å²) in [5.74, 6) is -7.18. The molecule has 65 heavy (non-hydrogen) atoms. The monoisotopic (exact) mass is 934 g/mol. The van der Waals surface area contributed by atoms with E-state index in [0.29, 0.717) is 51.4 Å². The number of rotatable bonds is 16. The Morgan fingerprint density at radius 2 is 1.12 bits per heavy atom. The molecule has 3 heterocycles. The number of hydrogen-bond acceptors (Lipinski definition) is 21. The van der Waals surface area contributed by atoms with Crippen LogP contribution in [0.1, 0.15) is 83.5 Å². The fourth-order valence-electron chi connectivity index (χ4n) is 9.70. The molecule has 23 nitrogen and oxygen atoms in total. The van der Waals surface area contributed by atoms with Crippen molar-refractivity contribution in [3.05, 3.63) is 12.2 Å². The van der Waals surface area contributed by atoms with Crippen molar-refractivity contribution < 1.29 is 113 Å². The second kappa shape index (κ2) is 23.0. The molecule has 3 aliphatic heterocycles. The summed E-state index contributed by atoms with van der Waals surface area (Å²) in [7, 11) is 0. The predicted molar refractivity (Wildman–Crippen MR) is 210 cm³/mol. The number of carbonyl (C=O) groups is 5. The van der Waals surface area contributed by atoms with E-state index < -0.39 is 160 Å². The van der Waals surface area contributed by atoms with Crippen LogP contribution < -0.4 is 0 Å². The van der Waals surface area contributed by atoms with E-state index in [-0.39, 0.29) is 37.2 Å². The summed E-state index contributed by atoms with van der Waals surface area (Å²) >= 11 is 0. The van der Waals surface area contributed by atoms with Crippen LogP contribution in [-0.2, 0) is 61.9 Å². The zero-order valence-electron chi connectivity index (χ0n) is 35.6. The minimum absolute atomic E-state index is 0.0758. The first-order valence-electron chi connectivity index (χ1n) is 22.2. The first-order chi connectivity index (χ1) is 30.9. The average Bonchev–Trinajstić information content (AvgIpc) is 3.25. The number of hydrogen-bond donors (Lipinski definition) is 10. The van der Waals surface area contributed by atoms with Gasteiger partial charge in [0, 0.05) is 18.4 Å². The molecule has 10 N–H and O–H groups in total. The molecule has 0 radical (unpaired) electrons. The van der Waals surface area contributed by atoms with E-state index >= 15 is 0 Å². The number of allylic oxidation sites excluding steroid dienone is 1. The van der Waals surface area contributed by atoms with Crippen LogP contribution in [-0.4, -0.2) is 198 Å². The van der Waals surface area contributed by atoms with E-state index in [2.05, 4.69) is 0 Å². The van der Waals surface area contributed by atoms with Crippen LogP contribution in [0.2, 0.25) is 0 Å². The number of carboxylic acids is 2. The van der Waals surface area contributed by atoms with E-state index in [1.807, 2.05) is 0 Å². The van der Waals surface area contributed by atoms with E-state index in [9.17, 15) is 64.8 Å². The van der Waals surface area contributed by atoms with Gasteiger partial charge in [-0.25, -0.2) is 4.79 Å². The lowest BCUT2D eigenvalue weighted by Crippen LogP contribution is -2.63. The van der Waals surface area contributed by atoms with Crippen molar-refractivity contribution in [2.45, 2.75) is 188 Å². The lowest BCUT2D eigenvalue weighted by atomic mass is 9.73. The van der Waals surface area contributed by atoms with Gasteiger partial charge in [0.25, 0.3) is 0 Å². The summed E-state index contributed by atoms with van der Waals surface area (Å²) < 4.78 is 46.6. The molecule has 23 heteroatoms. The first-order valence-corrected chi connectivity index (χ1v) is 22.2. The topological polar surface area (TPSA) is 361 Å². The highest BCUT2D eigenvalue weighted by Gasteiger charge is 2.54. The molecule has 0 aromatic heterocycles. The molecule has 0 aromatic rings. The average molecular weight is 935 g/mol. The Bertz CT molecular complexity index is 1650. The Morgan fingerprint density at radius 1 is 0.554 bits per heavy atom. The molecular formula is C42H62O23. The maximum atomic E-state index is 12.6. The fourth-order valence-corrected chi connectivity index (χ4v) is 9.70. The summed E-state index contributed by atoms with van der Waals surface area (Å²) in [5, 5.41) is 104. The number of carbonyl (C=O) groups excluding carboxylic acids is 3. The summed E-state index contributed by atoms with van der Waals surface area (Å²) in [6.07, 6.45) is -17.3. The third-order valence-corrected chi connectivity index (χ3v) is 13.2. The van der Waals surface area contributed by atoms with E-state index in [0.717, 1.165) is 0 Å². The summed E-state index contributed by atoms with van der Waals surface area (Å²) in [6, 6.07) is 0. The molecule has 6 unspecified atom stereocenters. The molecule has 16 atom stereocenters. The third-order valence-electron chi connectivity index (χ3n) is 13.2. The number of fused-ring (bicyclic) bond motifs is 1. The lowest BCUT2D eigenvalue weighted by Gasteiger charge is -2.52. The summed E-state index contributed by atoms with van der Waals surface area (Å²) in [5.41, 5.74) is 0. The van der Waals surface area contributed by atoms with Crippen molar-refractivity contribution in [2.24, 2.45) is 17.8 Å². The van der Waals surface area contributed by atoms with Gasteiger partial charge >= 0.3 is 29.8 Å². The van der Waals surface area contributed by atoms with Gasteiger partial charge in [0.2, 0.25) is 0 Å². The zero-order valence-corrected chi connectivity index (χ0v) is 35.6. The Balaban J connectivity index is 1.18. The van der Waals surface area contributed by atoms with Gasteiger partial charge in [0.05, 0.1) is 42.7 Å². The third kappa shape index (κ3) is 13.6. The van der Waals surface area contributed by atoms with E-state index in [4.69, 9.17) is 48.1 Å². The Kier molecular flexibility index (Phi) is 18.1. The maximum absolute atomic E-state index is 12.6. The van der Waals surface area contributed by atoms with Crippen LogP contribution >= 0.6 is 0 Å². The molecule has 3 saturated heterocycles. The van der Waals surface area contributed by atoms with Crippen molar-refractivity contribution in [1.82, 2.24) is 0 Å². The number of aliphatic hydroxyl groups is 8. The molecule has 3 saturated carbocycles. The van der Waals surface area contributed by atoms with Crippen molar-refractivity contribution in [3.8, 4) is 0 Å². The van der Waals surface area contributed by atoms with Crippen LogP contribution in [0.5, 0.6) is 0 Å². The highest BCUT2D eigenvalue weighted by Crippen LogP contribution is 2.45. The Labute approximate surface area is 373 Å². The molecule has 6 rings (SSSR count). The van der Waals surface area contributed by atoms with Gasteiger partial charge in [-0.2, -0.15) is 0 Å². The molecular weight excluding hydrogens is 872 g/mol. The fraction of sp³-hybridized carbons (Fsp3) is 0.833. The van der Waals surface area contributed by atoms with Crippen LogP contribution in [0.3, 0.4) is 0 Å². The van der Waals surface area contributed by atoms with Crippen LogP contribution in [0.25, 0.3) is 0 Å². The number of aliphatic carboxylic acids is 2. The lowest BCUT2D eigenvalue weighted by molar-refractivity contribution is -0.344. The largest absolute Gasteiger partial charge is 0.481 e. The summed E-state index contributed by atoms with van der Waals surface area (Å²) in [4.78, 5) is 59.3. The molecule has 0 amide bonds. The van der Waals surface area contributed by atoms with Crippen molar-refractivity contribution >= 4 is 29.8 Å². The van der Waals surface area contributed by atoms with E-state index in [1.54, 1.807) is 6.08 Å². The molecule has 3 aliphatic carbocycles. The summed E-state index contributed by atoms with van der Waals surface area (Å²) in [6.45, 7) is -1.35. The second-order valence-electron chi connectivity index (χ2n) is 18.0. The smallest absolute Gasteiger partial charge is 0.330 e. The molecule has 368 valence electrons. The highest BCUT2D eigenvalue weighted by molar-refractivity contribution is 5.90. The van der Waals surface area contributed by atoms with Gasteiger partial charge in [-0.1, -0.05) is 6.08 Å². The predicted octanol–water partition coefficient (Wildman–Crippen LogP) is -2.45. The maximum Gasteiger partial charge on any atom is 0.330 e. The van der Waals surface area contributed by atoms with E-state index in [1.165, 1.54) is 6.08 Å². The van der Waals surface area contributed by atoms with Crippen molar-refractivity contribution in [1.29, 1.82) is 0 Å². The van der Waals surface area contributed by atoms with Gasteiger partial charge in [0.15, 0.2) is 18.7 Å². The molecule has 6 fully saturated rings. The Morgan fingerprint density at radius 3 is 1.77 bits per heavy atom. The van der Waals surface area contributed by atoms with Crippen LogP contribution in [0.4, 0.5) is 0 Å². The molecule has 0 bridgehead atoms. The van der Waals surface area contributed by atoms with Crippen molar-refractivity contribution in [3.63, 3.8) is 0 Å². The molecule has 0 aromatic carbocycles. The standard InChI is InChI=1S/C42H62O23/c43-20-6-1-18(2-7-20)3-10-31(50)58-16-27-34(53)35(54)37(56)41(63-27)62-26-13-23-24(60-39(26)19-4-8-21(44)9-5-19)11-22(45)12-25(23)61-42-38(57)36(55)40(65-33(52)15-30(48)49)28(64-42)17-59-32(51)14-29(46)47/h3,10,18-28,34-45,53-57H,1-2,4-9,11-17H2,(H,46,47)(H,48,49)/t18?,19?,20?,21?,22?,23?,24?,25?,26?,27-,28-,34-,35+,36-,37-,38-,39?,40-,41-,42-/m1/s1. The minimum atomic E-state index is -2.02. The normalized spacial score (nSPS) is 42.3. The number of ether oxygens (including phenoxy) is 8. The van der Waals surface area contributed by atoms with Gasteiger partial charge in [-0.05, 0) is 76.0 Å².